The highest BCUT2D eigenvalue weighted by Gasteiger charge is 2.15. The number of rotatable bonds is 5. The summed E-state index contributed by atoms with van der Waals surface area (Å²) >= 11 is 1.15. The zero-order chi connectivity index (χ0) is 20.1. The van der Waals surface area contributed by atoms with Crippen LogP contribution in [0.5, 0.6) is 0 Å². The van der Waals surface area contributed by atoms with Gasteiger partial charge in [-0.05, 0) is 19.1 Å². The minimum Gasteiger partial charge on any atom is -0.305 e. The Morgan fingerprint density at radius 3 is 2.54 bits per heavy atom. The molecule has 0 radical (unpaired) electrons. The van der Waals surface area contributed by atoms with Crippen LogP contribution >= 0.6 is 11.8 Å². The molecule has 7 nitrogen and oxygen atoms in total. The van der Waals surface area contributed by atoms with Crippen molar-refractivity contribution in [3.05, 3.63) is 59.9 Å². The highest BCUT2D eigenvalue weighted by molar-refractivity contribution is 7.99. The Morgan fingerprint density at radius 1 is 1.11 bits per heavy atom. The quantitative estimate of drug-likeness (QED) is 0.642. The second kappa shape index (κ2) is 8.66. The van der Waals surface area contributed by atoms with Crippen LogP contribution in [0.25, 0.3) is 11.4 Å². The molecule has 2 aromatic carbocycles. The smallest absolute Gasteiger partial charge is 0.305 e. The van der Waals surface area contributed by atoms with Crippen LogP contribution in [0.2, 0.25) is 0 Å². The van der Waals surface area contributed by atoms with E-state index in [0.717, 1.165) is 22.9 Å². The maximum atomic E-state index is 13.5. The molecule has 0 spiro atoms. The second-order valence-electron chi connectivity index (χ2n) is 6.00. The third kappa shape index (κ3) is 4.74. The van der Waals surface area contributed by atoms with Gasteiger partial charge in [-0.25, -0.2) is 9.18 Å². The first-order valence-corrected chi connectivity index (χ1v) is 9.37. The maximum absolute atomic E-state index is 13.5. The number of anilines is 1. The first-order chi connectivity index (χ1) is 13.4. The lowest BCUT2D eigenvalue weighted by atomic mass is 10.1. The number of carbonyl (C=O) groups excluding carboxylic acids is 2. The number of amides is 3. The van der Waals surface area contributed by atoms with Crippen molar-refractivity contribution in [2.24, 2.45) is 7.05 Å². The average Bonchev–Trinajstić information content (AvgIpc) is 3.03. The van der Waals surface area contributed by atoms with Gasteiger partial charge in [-0.15, -0.1) is 10.2 Å². The van der Waals surface area contributed by atoms with Gasteiger partial charge in [0.1, 0.15) is 5.82 Å². The molecule has 0 saturated heterocycles. The first-order valence-electron chi connectivity index (χ1n) is 8.38. The summed E-state index contributed by atoms with van der Waals surface area (Å²) in [6.45, 7) is 2.00. The number of benzene rings is 2. The number of imide groups is 1. The molecular formula is C19H18FN5O2S. The molecule has 3 aromatic rings. The van der Waals surface area contributed by atoms with Crippen LogP contribution in [-0.2, 0) is 11.8 Å². The van der Waals surface area contributed by atoms with Gasteiger partial charge >= 0.3 is 6.03 Å². The molecule has 28 heavy (non-hydrogen) atoms. The molecule has 2 N–H and O–H groups in total. The number of carbonyl (C=O) groups is 2. The Labute approximate surface area is 165 Å². The van der Waals surface area contributed by atoms with Crippen molar-refractivity contribution in [2.45, 2.75) is 12.1 Å². The van der Waals surface area contributed by atoms with Crippen molar-refractivity contribution in [1.82, 2.24) is 20.1 Å². The fourth-order valence-corrected chi connectivity index (χ4v) is 3.11. The Kier molecular flexibility index (Phi) is 6.05. The maximum Gasteiger partial charge on any atom is 0.325 e. The van der Waals surface area contributed by atoms with Gasteiger partial charge < -0.3 is 9.88 Å². The van der Waals surface area contributed by atoms with E-state index in [0.29, 0.717) is 11.0 Å². The predicted octanol–water partition coefficient (Wildman–Crippen LogP) is 3.37. The Hall–Kier alpha value is -3.20. The van der Waals surface area contributed by atoms with E-state index in [1.807, 2.05) is 31.2 Å². The number of nitrogens with one attached hydrogen (secondary N) is 2. The lowest BCUT2D eigenvalue weighted by Gasteiger charge is -2.07. The first kappa shape index (κ1) is 19.6. The number of aromatic nitrogens is 3. The van der Waals surface area contributed by atoms with Gasteiger partial charge in [-0.3, -0.25) is 10.1 Å². The standard InChI is InChI=1S/C19H18FN5O2S/c1-12-7-9-13(10-8-12)17-23-24-19(25(17)2)28-11-16(26)22-18(27)21-15-6-4-3-5-14(15)20/h3-10H,11H2,1-2H3,(H2,21,22,26,27). The zero-order valence-electron chi connectivity index (χ0n) is 15.3. The van der Waals surface area contributed by atoms with E-state index in [4.69, 9.17) is 0 Å². The molecule has 0 aliphatic carbocycles. The Bertz CT molecular complexity index is 1000. The van der Waals surface area contributed by atoms with Crippen molar-refractivity contribution in [2.75, 3.05) is 11.1 Å². The third-order valence-corrected chi connectivity index (χ3v) is 4.87. The van der Waals surface area contributed by atoms with Crippen molar-refractivity contribution >= 4 is 29.4 Å². The normalized spacial score (nSPS) is 10.5. The van der Waals surface area contributed by atoms with E-state index in [1.165, 1.54) is 18.2 Å². The topological polar surface area (TPSA) is 88.9 Å². The number of urea groups is 1. The summed E-state index contributed by atoms with van der Waals surface area (Å²) in [5, 5.41) is 13.2. The Morgan fingerprint density at radius 2 is 1.82 bits per heavy atom. The van der Waals surface area contributed by atoms with Gasteiger partial charge in [0, 0.05) is 12.6 Å². The van der Waals surface area contributed by atoms with E-state index >= 15 is 0 Å². The van der Waals surface area contributed by atoms with Gasteiger partial charge in [-0.1, -0.05) is 53.7 Å². The minimum atomic E-state index is -0.797. The van der Waals surface area contributed by atoms with Crippen molar-refractivity contribution in [3.8, 4) is 11.4 Å². The summed E-state index contributed by atoms with van der Waals surface area (Å²) in [5.41, 5.74) is 2.06. The predicted molar refractivity (Wildman–Crippen MR) is 105 cm³/mol. The minimum absolute atomic E-state index is 0.00325. The zero-order valence-corrected chi connectivity index (χ0v) is 16.1. The molecule has 1 heterocycles. The van der Waals surface area contributed by atoms with E-state index in [-0.39, 0.29) is 11.4 Å². The fraction of sp³-hybridized carbons (Fsp3) is 0.158. The summed E-state index contributed by atoms with van der Waals surface area (Å²) in [5.74, 6) is -0.467. The van der Waals surface area contributed by atoms with Crippen molar-refractivity contribution < 1.29 is 14.0 Å². The monoisotopic (exact) mass is 399 g/mol. The summed E-state index contributed by atoms with van der Waals surface area (Å²) in [6, 6.07) is 12.8. The van der Waals surface area contributed by atoms with Crippen LogP contribution in [0.15, 0.2) is 53.7 Å². The molecule has 9 heteroatoms. The van der Waals surface area contributed by atoms with Gasteiger partial charge in [-0.2, -0.15) is 0 Å². The van der Waals surface area contributed by atoms with Crippen LogP contribution in [-0.4, -0.2) is 32.5 Å². The number of hydrogen-bond acceptors (Lipinski definition) is 5. The summed E-state index contributed by atoms with van der Waals surface area (Å²) < 4.78 is 15.3. The number of halogens is 1. The van der Waals surface area contributed by atoms with E-state index in [2.05, 4.69) is 20.8 Å². The van der Waals surface area contributed by atoms with Crippen molar-refractivity contribution in [1.29, 1.82) is 0 Å². The van der Waals surface area contributed by atoms with Crippen molar-refractivity contribution in [3.63, 3.8) is 0 Å². The molecule has 3 amide bonds. The fourth-order valence-electron chi connectivity index (χ4n) is 2.40. The largest absolute Gasteiger partial charge is 0.325 e. The second-order valence-corrected chi connectivity index (χ2v) is 6.94. The van der Waals surface area contributed by atoms with Gasteiger partial charge in [0.05, 0.1) is 11.4 Å². The molecule has 0 unspecified atom stereocenters. The SMILES string of the molecule is Cc1ccc(-c2nnc(SCC(=O)NC(=O)Nc3ccccc3F)n2C)cc1. The number of aryl methyl sites for hydroxylation is 1. The molecule has 0 bridgehead atoms. The summed E-state index contributed by atoms with van der Waals surface area (Å²) in [4.78, 5) is 23.8. The van der Waals surface area contributed by atoms with Crippen LogP contribution in [0.3, 0.4) is 0 Å². The van der Waals surface area contributed by atoms with E-state index < -0.39 is 17.8 Å². The molecule has 144 valence electrons. The van der Waals surface area contributed by atoms with E-state index in [1.54, 1.807) is 17.7 Å². The molecule has 0 saturated carbocycles. The van der Waals surface area contributed by atoms with Crippen LogP contribution in [0, 0.1) is 12.7 Å². The molecule has 0 aliphatic heterocycles. The summed E-state index contributed by atoms with van der Waals surface area (Å²) in [6.07, 6.45) is 0. The number of para-hydroxylation sites is 1. The van der Waals surface area contributed by atoms with Gasteiger partial charge in [0.15, 0.2) is 11.0 Å². The average molecular weight is 399 g/mol. The molecule has 0 aliphatic rings. The lowest BCUT2D eigenvalue weighted by Crippen LogP contribution is -2.35. The molecule has 3 rings (SSSR count). The van der Waals surface area contributed by atoms with Gasteiger partial charge in [0.25, 0.3) is 0 Å². The van der Waals surface area contributed by atoms with Gasteiger partial charge in [0.2, 0.25) is 5.91 Å². The van der Waals surface area contributed by atoms with Crippen LogP contribution in [0.4, 0.5) is 14.9 Å². The van der Waals surface area contributed by atoms with Crippen LogP contribution in [0.1, 0.15) is 5.56 Å². The molecule has 1 aromatic heterocycles. The van der Waals surface area contributed by atoms with Crippen LogP contribution < -0.4 is 10.6 Å². The highest BCUT2D eigenvalue weighted by Crippen LogP contribution is 2.22. The Balaban J connectivity index is 1.55. The number of hydrogen-bond donors (Lipinski definition) is 2. The highest BCUT2D eigenvalue weighted by atomic mass is 32.2. The molecular weight excluding hydrogens is 381 g/mol. The molecule has 0 atom stereocenters. The van der Waals surface area contributed by atoms with E-state index in [9.17, 15) is 14.0 Å². The summed E-state index contributed by atoms with van der Waals surface area (Å²) in [7, 11) is 1.81. The number of nitrogens with zero attached hydrogens (tertiary/aromatic N) is 3. The lowest BCUT2D eigenvalue weighted by molar-refractivity contribution is -0.117. The number of thioether (sulfide) groups is 1. The third-order valence-electron chi connectivity index (χ3n) is 3.85. The molecule has 0 fully saturated rings.